The van der Waals surface area contributed by atoms with Gasteiger partial charge in [0.1, 0.15) is 35.7 Å². The van der Waals surface area contributed by atoms with Crippen molar-refractivity contribution in [2.75, 3.05) is 13.7 Å². The highest BCUT2D eigenvalue weighted by atomic mass is 19.4. The van der Waals surface area contributed by atoms with Crippen LogP contribution in [0.3, 0.4) is 0 Å². The quantitative estimate of drug-likeness (QED) is 0.436. The molecule has 0 bridgehead atoms. The zero-order valence-electron chi connectivity index (χ0n) is 20.4. The van der Waals surface area contributed by atoms with Crippen LogP contribution in [0.5, 0.6) is 5.75 Å². The summed E-state index contributed by atoms with van der Waals surface area (Å²) >= 11 is 0. The van der Waals surface area contributed by atoms with E-state index in [2.05, 4.69) is 15.3 Å². The Hall–Kier alpha value is -4.03. The fourth-order valence-corrected chi connectivity index (χ4v) is 4.93. The molecule has 0 spiro atoms. The number of likely N-dealkylation sites (tertiary alicyclic amines) is 1. The molecule has 5 rings (SSSR count). The number of imidazole rings is 1. The molecule has 1 amide bonds. The van der Waals surface area contributed by atoms with Crippen molar-refractivity contribution in [1.29, 1.82) is 0 Å². The Labute approximate surface area is 214 Å². The first-order chi connectivity index (χ1) is 18.0. The second-order valence-electron chi connectivity index (χ2n) is 9.25. The molecule has 1 saturated heterocycles. The van der Waals surface area contributed by atoms with Crippen LogP contribution in [0.15, 0.2) is 60.7 Å². The number of carbonyl (C=O) groups excluding carboxylic acids is 1. The third-order valence-corrected chi connectivity index (χ3v) is 6.70. The lowest BCUT2D eigenvalue weighted by molar-refractivity contribution is -0.166. The number of aromatic nitrogens is 5. The van der Waals surface area contributed by atoms with Crippen LogP contribution < -0.4 is 4.74 Å². The van der Waals surface area contributed by atoms with Gasteiger partial charge in [-0.05, 0) is 38.0 Å². The van der Waals surface area contributed by atoms with Gasteiger partial charge in [-0.2, -0.15) is 13.2 Å². The van der Waals surface area contributed by atoms with Crippen molar-refractivity contribution in [2.45, 2.75) is 38.0 Å². The minimum Gasteiger partial charge on any atom is -0.495 e. The van der Waals surface area contributed by atoms with E-state index in [9.17, 15) is 26.7 Å². The van der Waals surface area contributed by atoms with Gasteiger partial charge in [-0.25, -0.2) is 18.4 Å². The molecule has 3 heterocycles. The maximum atomic E-state index is 14.6. The maximum absolute atomic E-state index is 14.6. The van der Waals surface area contributed by atoms with Gasteiger partial charge in [0.2, 0.25) is 5.91 Å². The number of fused-ring (bicyclic) bond motifs is 1. The number of amides is 1. The molecule has 1 aromatic carbocycles. The molecule has 200 valence electrons. The molecule has 2 aromatic heterocycles. The topological polar surface area (TPSA) is 78.1 Å². The number of methoxy groups -OCH3 is 1. The molecular weight excluding hydrogens is 511 g/mol. The standard InChI is InChI=1S/C25H23F5N6O2/c1-14-10-34(13-31-14)20-5-3-15(7-23(20)38-2)19-11-36(33-32-19)21-6-4-17-18(27)8-16(26)9-22(17)35(24(21)37)12-25(28,29)30/h3,5,7-11,13,17,21-22H,4,6,12H2,1-2H3/t17?,21-,22?/m1/s1. The Morgan fingerprint density at radius 3 is 2.63 bits per heavy atom. The van der Waals surface area contributed by atoms with Gasteiger partial charge in [0.05, 0.1) is 37.1 Å². The van der Waals surface area contributed by atoms with Crippen molar-refractivity contribution in [3.8, 4) is 22.7 Å². The predicted molar refractivity (Wildman–Crippen MR) is 126 cm³/mol. The first-order valence-corrected chi connectivity index (χ1v) is 11.8. The molecule has 38 heavy (non-hydrogen) atoms. The van der Waals surface area contributed by atoms with Crippen LogP contribution in [0.1, 0.15) is 24.6 Å². The highest BCUT2D eigenvalue weighted by Crippen LogP contribution is 2.40. The van der Waals surface area contributed by atoms with Gasteiger partial charge >= 0.3 is 6.18 Å². The van der Waals surface area contributed by atoms with E-state index < -0.39 is 48.3 Å². The number of hydrogen-bond donors (Lipinski definition) is 0. The molecule has 2 unspecified atom stereocenters. The number of benzene rings is 1. The molecule has 0 saturated carbocycles. The number of halogens is 5. The van der Waals surface area contributed by atoms with Gasteiger partial charge in [0.25, 0.3) is 0 Å². The van der Waals surface area contributed by atoms with Crippen molar-refractivity contribution in [1.82, 2.24) is 29.4 Å². The summed E-state index contributed by atoms with van der Waals surface area (Å²) in [5, 5.41) is 8.13. The predicted octanol–water partition coefficient (Wildman–Crippen LogP) is 4.88. The Morgan fingerprint density at radius 1 is 1.16 bits per heavy atom. The van der Waals surface area contributed by atoms with Gasteiger partial charge in [-0.1, -0.05) is 11.3 Å². The van der Waals surface area contributed by atoms with E-state index in [4.69, 9.17) is 4.74 Å². The number of ether oxygens (including phenoxy) is 1. The summed E-state index contributed by atoms with van der Waals surface area (Å²) in [5.74, 6) is -3.43. The molecule has 2 aliphatic rings. The van der Waals surface area contributed by atoms with Gasteiger partial charge in [0, 0.05) is 23.8 Å². The van der Waals surface area contributed by atoms with Crippen molar-refractivity contribution in [3.63, 3.8) is 0 Å². The molecule has 1 aliphatic carbocycles. The normalized spacial score (nSPS) is 22.0. The minimum atomic E-state index is -4.77. The summed E-state index contributed by atoms with van der Waals surface area (Å²) in [6, 6.07) is 2.69. The summed E-state index contributed by atoms with van der Waals surface area (Å²) in [6.45, 7) is 0.209. The van der Waals surface area contributed by atoms with Gasteiger partial charge in [0.15, 0.2) is 0 Å². The van der Waals surface area contributed by atoms with Crippen LogP contribution in [0.25, 0.3) is 16.9 Å². The van der Waals surface area contributed by atoms with E-state index in [-0.39, 0.29) is 12.8 Å². The Morgan fingerprint density at radius 2 is 1.95 bits per heavy atom. The van der Waals surface area contributed by atoms with E-state index in [1.165, 1.54) is 18.0 Å². The van der Waals surface area contributed by atoms with E-state index in [0.29, 0.717) is 28.0 Å². The fraction of sp³-hybridized carbons (Fsp3) is 0.360. The van der Waals surface area contributed by atoms with Crippen LogP contribution in [0, 0.1) is 12.8 Å². The number of nitrogens with zero attached hydrogens (tertiary/aromatic N) is 6. The maximum Gasteiger partial charge on any atom is 0.406 e. The molecule has 1 fully saturated rings. The number of hydrogen-bond acceptors (Lipinski definition) is 5. The summed E-state index contributed by atoms with van der Waals surface area (Å²) in [5.41, 5.74) is 2.49. The summed E-state index contributed by atoms with van der Waals surface area (Å²) in [7, 11) is 1.51. The van der Waals surface area contributed by atoms with Crippen LogP contribution in [0.2, 0.25) is 0 Å². The van der Waals surface area contributed by atoms with Crippen LogP contribution >= 0.6 is 0 Å². The second kappa shape index (κ2) is 9.69. The first-order valence-electron chi connectivity index (χ1n) is 11.8. The van der Waals surface area contributed by atoms with E-state index in [1.807, 2.05) is 13.1 Å². The van der Waals surface area contributed by atoms with Gasteiger partial charge in [-0.15, -0.1) is 5.10 Å². The molecule has 8 nitrogen and oxygen atoms in total. The lowest BCUT2D eigenvalue weighted by atomic mass is 9.89. The van der Waals surface area contributed by atoms with Crippen LogP contribution in [0.4, 0.5) is 22.0 Å². The molecule has 1 aliphatic heterocycles. The first kappa shape index (κ1) is 25.6. The van der Waals surface area contributed by atoms with Crippen molar-refractivity contribution < 1.29 is 31.5 Å². The highest BCUT2D eigenvalue weighted by molar-refractivity contribution is 5.81. The third-order valence-electron chi connectivity index (χ3n) is 6.70. The summed E-state index contributed by atoms with van der Waals surface area (Å²) in [6.07, 6.45) is 1.67. The summed E-state index contributed by atoms with van der Waals surface area (Å²) in [4.78, 5) is 18.1. The van der Waals surface area contributed by atoms with Gasteiger partial charge in [-0.3, -0.25) is 4.79 Å². The molecule has 13 heteroatoms. The number of alkyl halides is 3. The van der Waals surface area contributed by atoms with Crippen molar-refractivity contribution in [2.24, 2.45) is 5.92 Å². The molecule has 0 radical (unpaired) electrons. The number of carbonyl (C=O) groups is 1. The van der Waals surface area contributed by atoms with E-state index in [1.54, 1.807) is 29.1 Å². The number of aryl methyl sites for hydroxylation is 1. The SMILES string of the molecule is COc1cc(-c2cn([C@@H]3CCC4C(F)=CC(F)=CC4N(CC(F)(F)F)C3=O)nn2)ccc1-n1cnc(C)c1. The Balaban J connectivity index is 1.47. The number of allylic oxidation sites excluding steroid dienone is 2. The smallest absolute Gasteiger partial charge is 0.406 e. The average Bonchev–Trinajstić information content (AvgIpc) is 3.49. The average molecular weight is 534 g/mol. The zero-order valence-corrected chi connectivity index (χ0v) is 20.4. The molecule has 3 atom stereocenters. The Bertz CT molecular complexity index is 1430. The van der Waals surface area contributed by atoms with Crippen LogP contribution in [-0.2, 0) is 4.79 Å². The van der Waals surface area contributed by atoms with Crippen molar-refractivity contribution >= 4 is 5.91 Å². The summed E-state index contributed by atoms with van der Waals surface area (Å²) < 4.78 is 77.3. The van der Waals surface area contributed by atoms with E-state index >= 15 is 0 Å². The highest BCUT2D eigenvalue weighted by Gasteiger charge is 2.46. The van der Waals surface area contributed by atoms with Crippen molar-refractivity contribution in [3.05, 3.63) is 66.4 Å². The molecule has 3 aromatic rings. The molecular formula is C25H23F5N6O2. The second-order valence-corrected chi connectivity index (χ2v) is 9.25. The minimum absolute atomic E-state index is 0.00385. The zero-order chi connectivity index (χ0) is 27.2. The lowest BCUT2D eigenvalue weighted by Crippen LogP contribution is -2.49. The van der Waals surface area contributed by atoms with E-state index in [0.717, 1.165) is 17.5 Å². The van der Waals surface area contributed by atoms with Gasteiger partial charge < -0.3 is 14.2 Å². The Kier molecular flexibility index (Phi) is 6.53. The third kappa shape index (κ3) is 4.92. The monoisotopic (exact) mass is 534 g/mol. The lowest BCUT2D eigenvalue weighted by Gasteiger charge is -2.35. The number of rotatable bonds is 5. The fourth-order valence-electron chi connectivity index (χ4n) is 4.93. The largest absolute Gasteiger partial charge is 0.495 e. The van der Waals surface area contributed by atoms with Crippen LogP contribution in [-0.4, -0.2) is 61.2 Å². The molecule has 0 N–H and O–H groups in total.